The van der Waals surface area contributed by atoms with Crippen molar-refractivity contribution in [2.24, 2.45) is 5.73 Å². The molecular formula is C17H24BN3O3. The highest BCUT2D eigenvalue weighted by Gasteiger charge is 2.51. The number of hydrogen-bond acceptors (Lipinski definition) is 4. The number of amides is 1. The van der Waals surface area contributed by atoms with E-state index in [0.29, 0.717) is 0 Å². The topological polar surface area (TPSA) is 79.4 Å². The summed E-state index contributed by atoms with van der Waals surface area (Å²) in [7, 11) is -0.424. The molecule has 3 rings (SSSR count). The van der Waals surface area contributed by atoms with Crippen LogP contribution in [-0.4, -0.2) is 34.0 Å². The zero-order chi connectivity index (χ0) is 17.9. The van der Waals surface area contributed by atoms with E-state index < -0.39 is 18.6 Å². The fourth-order valence-electron chi connectivity index (χ4n) is 2.57. The van der Waals surface area contributed by atoms with Gasteiger partial charge in [-0.1, -0.05) is 12.1 Å². The fraction of sp³-hybridized carbons (Fsp3) is 0.529. The number of primary amides is 1. The molecule has 1 saturated heterocycles. The second-order valence-electron chi connectivity index (χ2n) is 7.90. The lowest BCUT2D eigenvalue weighted by Gasteiger charge is -2.32. The maximum atomic E-state index is 11.6. The third-order valence-corrected chi connectivity index (χ3v) is 5.23. The summed E-state index contributed by atoms with van der Waals surface area (Å²) in [6, 6.07) is 5.83. The summed E-state index contributed by atoms with van der Waals surface area (Å²) in [5.74, 6) is -0.429. The van der Waals surface area contributed by atoms with E-state index in [-0.39, 0.29) is 11.2 Å². The monoisotopic (exact) mass is 329 g/mol. The Kier molecular flexibility index (Phi) is 3.59. The Balaban J connectivity index is 1.97. The van der Waals surface area contributed by atoms with Crippen molar-refractivity contribution in [2.45, 2.75) is 58.3 Å². The highest BCUT2D eigenvalue weighted by molar-refractivity contribution is 6.62. The van der Waals surface area contributed by atoms with E-state index in [9.17, 15) is 4.79 Å². The SMILES string of the molecule is CC(C)(C(N)=O)n1cc2cc(B3OC(C)(C)C(C)(C)O3)ccc2n1. The summed E-state index contributed by atoms with van der Waals surface area (Å²) >= 11 is 0. The molecule has 0 saturated carbocycles. The van der Waals surface area contributed by atoms with Crippen LogP contribution in [-0.2, 0) is 19.6 Å². The highest BCUT2D eigenvalue weighted by atomic mass is 16.7. The van der Waals surface area contributed by atoms with Crippen molar-refractivity contribution in [3.8, 4) is 0 Å². The number of carbonyl (C=O) groups excluding carboxylic acids is 1. The van der Waals surface area contributed by atoms with E-state index in [0.717, 1.165) is 16.4 Å². The molecular weight excluding hydrogens is 305 g/mol. The highest BCUT2D eigenvalue weighted by Crippen LogP contribution is 2.36. The Labute approximate surface area is 142 Å². The fourth-order valence-corrected chi connectivity index (χ4v) is 2.57. The Morgan fingerprint density at radius 1 is 1.21 bits per heavy atom. The van der Waals surface area contributed by atoms with Gasteiger partial charge < -0.3 is 15.0 Å². The lowest BCUT2D eigenvalue weighted by atomic mass is 9.79. The minimum Gasteiger partial charge on any atom is -0.399 e. The van der Waals surface area contributed by atoms with E-state index in [2.05, 4.69) is 5.10 Å². The maximum absolute atomic E-state index is 11.6. The Bertz CT molecular complexity index is 795. The van der Waals surface area contributed by atoms with Gasteiger partial charge in [-0.25, -0.2) is 0 Å². The number of nitrogens with zero attached hydrogens (tertiary/aromatic N) is 2. The zero-order valence-electron chi connectivity index (χ0n) is 15.1. The van der Waals surface area contributed by atoms with Crippen LogP contribution in [0, 0.1) is 0 Å². The van der Waals surface area contributed by atoms with Gasteiger partial charge in [-0.3, -0.25) is 9.48 Å². The molecule has 0 radical (unpaired) electrons. The first-order valence-electron chi connectivity index (χ1n) is 8.09. The van der Waals surface area contributed by atoms with Crippen LogP contribution in [0.4, 0.5) is 0 Å². The molecule has 0 bridgehead atoms. The predicted octanol–water partition coefficient (Wildman–Crippen LogP) is 1.56. The number of rotatable bonds is 3. The van der Waals surface area contributed by atoms with Gasteiger partial charge in [0.25, 0.3) is 0 Å². The number of nitrogens with two attached hydrogens (primary N) is 1. The second-order valence-corrected chi connectivity index (χ2v) is 7.90. The van der Waals surface area contributed by atoms with Crippen LogP contribution in [0.15, 0.2) is 24.4 Å². The first-order chi connectivity index (χ1) is 10.9. The van der Waals surface area contributed by atoms with Crippen molar-refractivity contribution in [2.75, 3.05) is 0 Å². The molecule has 2 aromatic rings. The second kappa shape index (κ2) is 5.07. The summed E-state index contributed by atoms with van der Waals surface area (Å²) < 4.78 is 13.8. The number of aromatic nitrogens is 2. The molecule has 1 aliphatic heterocycles. The van der Waals surface area contributed by atoms with Crippen molar-refractivity contribution in [1.82, 2.24) is 9.78 Å². The molecule has 1 fully saturated rings. The molecule has 6 nitrogen and oxygen atoms in total. The van der Waals surface area contributed by atoms with E-state index in [4.69, 9.17) is 15.0 Å². The molecule has 7 heteroatoms. The minimum atomic E-state index is -0.885. The first-order valence-corrected chi connectivity index (χ1v) is 8.09. The van der Waals surface area contributed by atoms with Crippen LogP contribution >= 0.6 is 0 Å². The summed E-state index contributed by atoms with van der Waals surface area (Å²) in [5, 5.41) is 5.38. The molecule has 0 atom stereocenters. The van der Waals surface area contributed by atoms with Crippen molar-refractivity contribution >= 4 is 29.4 Å². The third kappa shape index (κ3) is 2.52. The molecule has 1 aromatic carbocycles. The van der Waals surface area contributed by atoms with Crippen molar-refractivity contribution in [3.63, 3.8) is 0 Å². The number of carbonyl (C=O) groups is 1. The van der Waals surface area contributed by atoms with Crippen molar-refractivity contribution in [1.29, 1.82) is 0 Å². The van der Waals surface area contributed by atoms with E-state index in [1.54, 1.807) is 18.5 Å². The van der Waals surface area contributed by atoms with E-state index >= 15 is 0 Å². The lowest BCUT2D eigenvalue weighted by Crippen LogP contribution is -2.41. The average Bonchev–Trinajstić information content (AvgIpc) is 2.97. The number of benzene rings is 1. The van der Waals surface area contributed by atoms with Crippen LogP contribution < -0.4 is 11.2 Å². The van der Waals surface area contributed by atoms with E-state index in [1.165, 1.54) is 0 Å². The molecule has 0 aliphatic carbocycles. The Morgan fingerprint density at radius 2 is 1.79 bits per heavy atom. The van der Waals surface area contributed by atoms with Crippen LogP contribution in [0.1, 0.15) is 41.5 Å². The smallest absolute Gasteiger partial charge is 0.399 e. The minimum absolute atomic E-state index is 0.384. The van der Waals surface area contributed by atoms with Gasteiger partial charge in [0.2, 0.25) is 5.91 Å². The van der Waals surface area contributed by atoms with Crippen molar-refractivity contribution < 1.29 is 14.1 Å². The normalized spacial score (nSPS) is 19.8. The first kappa shape index (κ1) is 17.0. The van der Waals surface area contributed by atoms with Gasteiger partial charge in [0.05, 0.1) is 16.7 Å². The van der Waals surface area contributed by atoms with E-state index in [1.807, 2.05) is 52.1 Å². The van der Waals surface area contributed by atoms with Gasteiger partial charge in [-0.15, -0.1) is 0 Å². The summed E-state index contributed by atoms with van der Waals surface area (Å²) in [4.78, 5) is 11.6. The number of fused-ring (bicyclic) bond motifs is 1. The molecule has 0 spiro atoms. The molecule has 2 heterocycles. The average molecular weight is 329 g/mol. The molecule has 24 heavy (non-hydrogen) atoms. The third-order valence-electron chi connectivity index (χ3n) is 5.23. The molecule has 0 unspecified atom stereocenters. The summed E-state index contributed by atoms with van der Waals surface area (Å²) in [6.07, 6.45) is 1.83. The van der Waals surface area contributed by atoms with Gasteiger partial charge in [0, 0.05) is 11.6 Å². The standard InChI is InChI=1S/C17H24BN3O3/c1-15(2,14(19)22)21-10-11-9-12(7-8-13(11)20-21)18-23-16(3,4)17(5,6)24-18/h7-10H,1-6H3,(H2,19,22). The van der Waals surface area contributed by atoms with Crippen LogP contribution in [0.25, 0.3) is 10.9 Å². The zero-order valence-corrected chi connectivity index (χ0v) is 15.1. The van der Waals surface area contributed by atoms with Gasteiger partial charge in [0.1, 0.15) is 5.54 Å². The maximum Gasteiger partial charge on any atom is 0.494 e. The van der Waals surface area contributed by atoms with Gasteiger partial charge in [-0.05, 0) is 53.1 Å². The molecule has 128 valence electrons. The largest absolute Gasteiger partial charge is 0.494 e. The van der Waals surface area contributed by atoms with Gasteiger partial charge >= 0.3 is 7.12 Å². The molecule has 2 N–H and O–H groups in total. The molecule has 1 aromatic heterocycles. The molecule has 1 amide bonds. The Morgan fingerprint density at radius 3 is 2.33 bits per heavy atom. The van der Waals surface area contributed by atoms with Gasteiger partial charge in [0.15, 0.2) is 0 Å². The summed E-state index contributed by atoms with van der Waals surface area (Å²) in [6.45, 7) is 11.6. The lowest BCUT2D eigenvalue weighted by molar-refractivity contribution is -0.125. The van der Waals surface area contributed by atoms with Crippen LogP contribution in [0.5, 0.6) is 0 Å². The van der Waals surface area contributed by atoms with Crippen LogP contribution in [0.3, 0.4) is 0 Å². The van der Waals surface area contributed by atoms with Crippen molar-refractivity contribution in [3.05, 3.63) is 24.4 Å². The summed E-state index contributed by atoms with van der Waals surface area (Å²) in [5.41, 5.74) is 5.54. The van der Waals surface area contributed by atoms with Gasteiger partial charge in [-0.2, -0.15) is 5.10 Å². The predicted molar refractivity (Wildman–Crippen MR) is 94.0 cm³/mol. The number of hydrogen-bond donors (Lipinski definition) is 1. The van der Waals surface area contributed by atoms with Crippen LogP contribution in [0.2, 0.25) is 0 Å². The molecule has 1 aliphatic rings. The quantitative estimate of drug-likeness (QED) is 0.867. The Hall–Kier alpha value is -1.86.